The van der Waals surface area contributed by atoms with Crippen LogP contribution >= 0.6 is 23.4 Å². The van der Waals surface area contributed by atoms with E-state index < -0.39 is 5.97 Å². The predicted molar refractivity (Wildman–Crippen MR) is 70.8 cm³/mol. The first-order chi connectivity index (χ1) is 8.65. The zero-order valence-electron chi connectivity index (χ0n) is 9.21. The highest BCUT2D eigenvalue weighted by Crippen LogP contribution is 2.23. The Morgan fingerprint density at radius 1 is 1.28 bits per heavy atom. The van der Waals surface area contributed by atoms with E-state index in [1.165, 1.54) is 0 Å². The second kappa shape index (κ2) is 5.84. The van der Waals surface area contributed by atoms with E-state index in [2.05, 4.69) is 9.97 Å². The van der Waals surface area contributed by atoms with Crippen molar-refractivity contribution in [2.45, 2.75) is 5.16 Å². The van der Waals surface area contributed by atoms with Crippen molar-refractivity contribution >= 4 is 29.3 Å². The molecule has 0 aliphatic carbocycles. The van der Waals surface area contributed by atoms with Gasteiger partial charge in [-0.2, -0.15) is 0 Å². The van der Waals surface area contributed by atoms with Crippen molar-refractivity contribution < 1.29 is 9.90 Å². The van der Waals surface area contributed by atoms with Crippen molar-refractivity contribution in [2.24, 2.45) is 0 Å². The summed E-state index contributed by atoms with van der Waals surface area (Å²) in [6.07, 6.45) is 0. The van der Waals surface area contributed by atoms with Crippen LogP contribution in [0.25, 0.3) is 11.3 Å². The van der Waals surface area contributed by atoms with E-state index in [-0.39, 0.29) is 5.75 Å². The first-order valence-corrected chi connectivity index (χ1v) is 6.46. The Labute approximate surface area is 113 Å². The van der Waals surface area contributed by atoms with Gasteiger partial charge in [-0.3, -0.25) is 4.79 Å². The minimum Gasteiger partial charge on any atom is -0.481 e. The topological polar surface area (TPSA) is 63.1 Å². The zero-order chi connectivity index (χ0) is 13.0. The second-order valence-electron chi connectivity index (χ2n) is 3.41. The summed E-state index contributed by atoms with van der Waals surface area (Å²) in [5.74, 6) is -1.00. The van der Waals surface area contributed by atoms with Crippen LogP contribution in [0.1, 0.15) is 0 Å². The molecule has 0 spiro atoms. The molecule has 0 atom stereocenters. The van der Waals surface area contributed by atoms with Gasteiger partial charge in [-0.15, -0.1) is 0 Å². The molecule has 6 heteroatoms. The number of halogens is 1. The molecule has 92 valence electrons. The first-order valence-electron chi connectivity index (χ1n) is 5.10. The minimum absolute atomic E-state index is 0.0887. The van der Waals surface area contributed by atoms with E-state index in [1.54, 1.807) is 6.07 Å². The van der Waals surface area contributed by atoms with Gasteiger partial charge in [0.1, 0.15) is 5.15 Å². The van der Waals surface area contributed by atoms with E-state index >= 15 is 0 Å². The highest BCUT2D eigenvalue weighted by atomic mass is 35.5. The molecular formula is C12H9ClN2O2S. The maximum atomic E-state index is 10.5. The summed E-state index contributed by atoms with van der Waals surface area (Å²) < 4.78 is 0. The van der Waals surface area contributed by atoms with Gasteiger partial charge >= 0.3 is 5.97 Å². The summed E-state index contributed by atoms with van der Waals surface area (Å²) in [6, 6.07) is 11.2. The number of thioether (sulfide) groups is 1. The number of hydrogen-bond acceptors (Lipinski definition) is 4. The molecule has 0 saturated carbocycles. The fourth-order valence-corrected chi connectivity index (χ4v) is 2.16. The quantitative estimate of drug-likeness (QED) is 0.530. The number of carboxylic acid groups (broad SMARTS) is 1. The van der Waals surface area contributed by atoms with Crippen LogP contribution in [0.4, 0.5) is 0 Å². The molecular weight excluding hydrogens is 272 g/mol. The van der Waals surface area contributed by atoms with Crippen molar-refractivity contribution in [3.63, 3.8) is 0 Å². The molecule has 4 nitrogen and oxygen atoms in total. The Morgan fingerprint density at radius 2 is 2.00 bits per heavy atom. The van der Waals surface area contributed by atoms with Crippen molar-refractivity contribution in [3.05, 3.63) is 41.6 Å². The second-order valence-corrected chi connectivity index (χ2v) is 4.74. The van der Waals surface area contributed by atoms with Crippen LogP contribution in [-0.4, -0.2) is 26.8 Å². The molecule has 0 aliphatic rings. The molecule has 0 unspecified atom stereocenters. The average molecular weight is 281 g/mol. The number of benzene rings is 1. The van der Waals surface area contributed by atoms with Crippen LogP contribution in [0.3, 0.4) is 0 Å². The molecule has 18 heavy (non-hydrogen) atoms. The molecule has 1 N–H and O–H groups in total. The maximum Gasteiger partial charge on any atom is 0.313 e. The van der Waals surface area contributed by atoms with Crippen LogP contribution < -0.4 is 0 Å². The van der Waals surface area contributed by atoms with Crippen molar-refractivity contribution in [1.29, 1.82) is 0 Å². The summed E-state index contributed by atoms with van der Waals surface area (Å²) in [5, 5.41) is 9.29. The minimum atomic E-state index is -0.912. The van der Waals surface area contributed by atoms with Gasteiger partial charge in [0.25, 0.3) is 0 Å². The van der Waals surface area contributed by atoms with E-state index in [0.717, 1.165) is 17.3 Å². The zero-order valence-corrected chi connectivity index (χ0v) is 10.8. The van der Waals surface area contributed by atoms with Gasteiger partial charge in [-0.25, -0.2) is 9.97 Å². The van der Waals surface area contributed by atoms with Crippen molar-refractivity contribution in [1.82, 2.24) is 9.97 Å². The lowest BCUT2D eigenvalue weighted by Crippen LogP contribution is -2.00. The van der Waals surface area contributed by atoms with Crippen LogP contribution in [-0.2, 0) is 4.79 Å². The lowest BCUT2D eigenvalue weighted by Gasteiger charge is -2.04. The van der Waals surface area contributed by atoms with Gasteiger partial charge in [0.2, 0.25) is 0 Å². The van der Waals surface area contributed by atoms with Gasteiger partial charge < -0.3 is 5.11 Å². The Kier molecular flexibility index (Phi) is 4.17. The number of carboxylic acids is 1. The third-order valence-corrected chi connectivity index (χ3v) is 3.09. The number of nitrogens with zero attached hydrogens (tertiary/aromatic N) is 2. The van der Waals surface area contributed by atoms with Crippen LogP contribution in [0, 0.1) is 0 Å². The lowest BCUT2D eigenvalue weighted by molar-refractivity contribution is -0.133. The Morgan fingerprint density at radius 3 is 2.67 bits per heavy atom. The molecule has 0 radical (unpaired) electrons. The fraction of sp³-hybridized carbons (Fsp3) is 0.0833. The molecule has 0 amide bonds. The average Bonchev–Trinajstić information content (AvgIpc) is 2.37. The number of aromatic nitrogens is 2. The Balaban J connectivity index is 2.29. The van der Waals surface area contributed by atoms with Gasteiger partial charge in [0, 0.05) is 11.6 Å². The molecule has 0 saturated heterocycles. The Bertz CT molecular complexity index is 563. The third kappa shape index (κ3) is 3.45. The molecule has 2 aromatic rings. The highest BCUT2D eigenvalue weighted by Gasteiger charge is 2.07. The van der Waals surface area contributed by atoms with Gasteiger partial charge in [-0.05, 0) is 0 Å². The Hall–Kier alpha value is -1.59. The lowest BCUT2D eigenvalue weighted by atomic mass is 10.1. The van der Waals surface area contributed by atoms with E-state index in [9.17, 15) is 4.79 Å². The number of rotatable bonds is 4. The molecule has 0 bridgehead atoms. The van der Waals surface area contributed by atoms with Crippen LogP contribution in [0.2, 0.25) is 5.15 Å². The SMILES string of the molecule is O=C(O)CSc1nc(Cl)cc(-c2ccccc2)n1. The smallest absolute Gasteiger partial charge is 0.313 e. The standard InChI is InChI=1S/C12H9ClN2O2S/c13-10-6-9(8-4-2-1-3-5-8)14-12(15-10)18-7-11(16)17/h1-6H,7H2,(H,16,17). The van der Waals surface area contributed by atoms with E-state index in [4.69, 9.17) is 16.7 Å². The van der Waals surface area contributed by atoms with Crippen LogP contribution in [0.5, 0.6) is 0 Å². The van der Waals surface area contributed by atoms with E-state index in [1.807, 2.05) is 30.3 Å². The normalized spacial score (nSPS) is 10.3. The molecule has 0 aliphatic heterocycles. The number of aliphatic carboxylic acids is 1. The van der Waals surface area contributed by atoms with Gasteiger partial charge in [0.05, 0.1) is 11.4 Å². The number of hydrogen-bond donors (Lipinski definition) is 1. The predicted octanol–water partition coefficient (Wildman–Crippen LogP) is 2.97. The summed E-state index contributed by atoms with van der Waals surface area (Å²) in [4.78, 5) is 18.8. The molecule has 1 heterocycles. The van der Waals surface area contributed by atoms with E-state index in [0.29, 0.717) is 16.0 Å². The van der Waals surface area contributed by atoms with Crippen molar-refractivity contribution in [2.75, 3.05) is 5.75 Å². The van der Waals surface area contributed by atoms with Gasteiger partial charge in [0.15, 0.2) is 5.16 Å². The van der Waals surface area contributed by atoms with Crippen molar-refractivity contribution in [3.8, 4) is 11.3 Å². The maximum absolute atomic E-state index is 10.5. The highest BCUT2D eigenvalue weighted by molar-refractivity contribution is 7.99. The largest absolute Gasteiger partial charge is 0.481 e. The molecule has 1 aromatic carbocycles. The van der Waals surface area contributed by atoms with Crippen LogP contribution in [0.15, 0.2) is 41.6 Å². The van der Waals surface area contributed by atoms with Gasteiger partial charge in [-0.1, -0.05) is 53.7 Å². The molecule has 1 aromatic heterocycles. The first kappa shape index (κ1) is 12.9. The monoisotopic (exact) mass is 280 g/mol. The third-order valence-electron chi connectivity index (χ3n) is 2.07. The molecule has 2 rings (SSSR count). The summed E-state index contributed by atoms with van der Waals surface area (Å²) in [6.45, 7) is 0. The summed E-state index contributed by atoms with van der Waals surface area (Å²) >= 11 is 6.95. The summed E-state index contributed by atoms with van der Waals surface area (Å²) in [7, 11) is 0. The molecule has 0 fully saturated rings. The summed E-state index contributed by atoms with van der Waals surface area (Å²) in [5.41, 5.74) is 1.60. The fourth-order valence-electron chi connectivity index (χ4n) is 1.34. The number of carbonyl (C=O) groups is 1.